The number of hydrogen-bond donors (Lipinski definition) is 6. The Kier molecular flexibility index (Phi) is 17.1. The van der Waals surface area contributed by atoms with Crippen molar-refractivity contribution in [2.24, 2.45) is 0 Å². The van der Waals surface area contributed by atoms with Gasteiger partial charge in [0.1, 0.15) is 30.8 Å². The van der Waals surface area contributed by atoms with Gasteiger partial charge in [-0.2, -0.15) is 0 Å². The van der Waals surface area contributed by atoms with Crippen LogP contribution in [-0.4, -0.2) is 115 Å². The van der Waals surface area contributed by atoms with E-state index < -0.39 is 48.3 Å². The normalized spacial score (nSPS) is 21.9. The van der Waals surface area contributed by atoms with Crippen molar-refractivity contribution in [1.82, 2.24) is 41.7 Å². The summed E-state index contributed by atoms with van der Waals surface area (Å²) >= 11 is 0. The lowest BCUT2D eigenvalue weighted by atomic mass is 9.87. The van der Waals surface area contributed by atoms with E-state index in [-0.39, 0.29) is 48.2 Å². The number of aryl methyl sites for hydroxylation is 2. The molecule has 7 rings (SSSR count). The molecule has 4 aliphatic rings. The van der Waals surface area contributed by atoms with E-state index in [1.165, 1.54) is 11.1 Å². The van der Waals surface area contributed by atoms with E-state index >= 15 is 0 Å². The molecule has 0 spiro atoms. The maximum absolute atomic E-state index is 14.4. The van der Waals surface area contributed by atoms with Crippen LogP contribution in [0, 0.1) is 11.8 Å². The summed E-state index contributed by atoms with van der Waals surface area (Å²) < 4.78 is 6.11. The van der Waals surface area contributed by atoms with Gasteiger partial charge in [-0.3, -0.25) is 28.8 Å². The van der Waals surface area contributed by atoms with Crippen molar-refractivity contribution < 1.29 is 33.5 Å². The number of carbonyl (C=O) groups is 6. The monoisotopic (exact) mass is 929 g/mol. The first-order chi connectivity index (χ1) is 32.9. The molecule has 1 unspecified atom stereocenters. The highest BCUT2D eigenvalue weighted by Gasteiger charge is 2.42. The molecule has 15 nitrogen and oxygen atoms in total. The van der Waals surface area contributed by atoms with Crippen LogP contribution in [-0.2, 0) is 46.3 Å². The highest BCUT2D eigenvalue weighted by atomic mass is 16.5. The summed E-state index contributed by atoms with van der Waals surface area (Å²) in [4.78, 5) is 86.1. The maximum atomic E-state index is 14.4. The predicted octanol–water partition coefficient (Wildman–Crippen LogP) is 3.67. The minimum atomic E-state index is -1.08. The molecule has 3 aromatic rings. The lowest BCUT2D eigenvalue weighted by Gasteiger charge is -2.33. The Morgan fingerprint density at radius 3 is 1.66 bits per heavy atom. The summed E-state index contributed by atoms with van der Waals surface area (Å²) in [5, 5.41) is 18.1. The fourth-order valence-corrected chi connectivity index (χ4v) is 9.94. The topological polar surface area (TPSA) is 190 Å². The second kappa shape index (κ2) is 23.3. The highest BCUT2D eigenvalue weighted by molar-refractivity contribution is 5.95. The van der Waals surface area contributed by atoms with Gasteiger partial charge < -0.3 is 46.4 Å². The van der Waals surface area contributed by atoms with Crippen molar-refractivity contribution in [3.05, 3.63) is 106 Å². The van der Waals surface area contributed by atoms with Crippen LogP contribution >= 0.6 is 0 Å². The standard InChI is InChI=1S/C53H68N8O7/c1-33(54-4)48(62)58-46(52(66)60-30-12-24-44(60)50(64)56-42-22-10-18-37-16-6-8-20-40(37)42)35(3)68-32-14-15-36-26-28-39(29-27-36)47(59-49(63)34(2)55-5)53(67)61-31-13-25-45(61)51(65)57-43-23-11-19-38-17-7-9-21-41(38)43/h6-9,16-17,20-21,26-29,33-35,42-47,54-55H,10-13,18-19,22-25,30-32H2,1-5H3,(H,56,64)(H,57,65)(H,58,62)(H,59,63)/t33-,34-,35+,42+,43?,44-,45-,46-,47-/m0/s1. The summed E-state index contributed by atoms with van der Waals surface area (Å²) in [6, 6.07) is 18.4. The van der Waals surface area contributed by atoms with E-state index in [4.69, 9.17) is 4.74 Å². The first kappa shape index (κ1) is 49.8. The molecule has 0 bridgehead atoms. The van der Waals surface area contributed by atoms with E-state index in [0.29, 0.717) is 49.9 Å². The molecule has 362 valence electrons. The molecule has 2 aliphatic carbocycles. The van der Waals surface area contributed by atoms with Crippen LogP contribution in [0.1, 0.15) is 124 Å². The van der Waals surface area contributed by atoms with E-state index in [1.54, 1.807) is 68.9 Å². The van der Waals surface area contributed by atoms with Gasteiger partial charge in [-0.15, -0.1) is 0 Å². The number of likely N-dealkylation sites (N-methyl/N-ethyl adjacent to an activating group) is 2. The highest BCUT2D eigenvalue weighted by Crippen LogP contribution is 2.32. The van der Waals surface area contributed by atoms with Crippen molar-refractivity contribution in [2.45, 2.75) is 139 Å². The van der Waals surface area contributed by atoms with E-state index in [2.05, 4.69) is 68.0 Å². The number of amides is 6. The average molecular weight is 929 g/mol. The molecular weight excluding hydrogens is 861 g/mol. The molecule has 2 aliphatic heterocycles. The van der Waals surface area contributed by atoms with Crippen LogP contribution in [0.25, 0.3) is 0 Å². The van der Waals surface area contributed by atoms with Crippen molar-refractivity contribution in [3.8, 4) is 11.8 Å². The molecule has 6 amide bonds. The summed E-state index contributed by atoms with van der Waals surface area (Å²) in [7, 11) is 3.33. The van der Waals surface area contributed by atoms with Gasteiger partial charge in [0.25, 0.3) is 0 Å². The van der Waals surface area contributed by atoms with E-state index in [9.17, 15) is 28.8 Å². The summed E-state index contributed by atoms with van der Waals surface area (Å²) in [6.07, 6.45) is 7.09. The second-order valence-electron chi connectivity index (χ2n) is 18.6. The number of nitrogens with zero attached hydrogens (tertiary/aromatic N) is 2. The SMILES string of the molecule is CN[C@@H](C)C(=O)N[C@H](C(=O)N1CCC[C@H]1C(=O)NC1CCCc2ccccc21)c1ccc(C#CCO[C@H](C)[C@H](NC(=O)[C@H](C)NC)C(=O)N2CCC[C@H]2C(=O)N[C@@H]2CCCc3ccccc32)cc1. The Labute approximate surface area is 400 Å². The fraction of sp³-hybridized carbons (Fsp3) is 0.509. The largest absolute Gasteiger partial charge is 0.363 e. The third kappa shape index (κ3) is 11.8. The average Bonchev–Trinajstić information content (AvgIpc) is 4.07. The van der Waals surface area contributed by atoms with E-state index in [1.807, 2.05) is 24.3 Å². The van der Waals surface area contributed by atoms with Crippen LogP contribution < -0.4 is 31.9 Å². The molecule has 2 heterocycles. The van der Waals surface area contributed by atoms with Gasteiger partial charge in [0, 0.05) is 18.7 Å². The van der Waals surface area contributed by atoms with Gasteiger partial charge in [0.2, 0.25) is 35.4 Å². The first-order valence-electron chi connectivity index (χ1n) is 24.4. The number of fused-ring (bicyclic) bond motifs is 2. The second-order valence-corrected chi connectivity index (χ2v) is 18.6. The number of nitrogens with one attached hydrogen (secondary N) is 6. The van der Waals surface area contributed by atoms with Gasteiger partial charge in [-0.05, 0) is 139 Å². The smallest absolute Gasteiger partial charge is 0.250 e. The van der Waals surface area contributed by atoms with Crippen LogP contribution in [0.4, 0.5) is 0 Å². The number of rotatable bonds is 16. The Hall–Kier alpha value is -6.08. The molecule has 0 saturated carbocycles. The predicted molar refractivity (Wildman–Crippen MR) is 259 cm³/mol. The molecule has 0 aromatic heterocycles. The van der Waals surface area contributed by atoms with Crippen molar-refractivity contribution >= 4 is 35.4 Å². The van der Waals surface area contributed by atoms with Crippen LogP contribution in [0.5, 0.6) is 0 Å². The number of carbonyl (C=O) groups excluding carboxylic acids is 6. The Morgan fingerprint density at radius 2 is 1.13 bits per heavy atom. The molecule has 2 saturated heterocycles. The lowest BCUT2D eigenvalue weighted by Crippen LogP contribution is -2.59. The van der Waals surface area contributed by atoms with Crippen LogP contribution in [0.3, 0.4) is 0 Å². The molecule has 0 radical (unpaired) electrons. The third-order valence-corrected chi connectivity index (χ3v) is 14.2. The summed E-state index contributed by atoms with van der Waals surface area (Å²) in [6.45, 7) is 5.81. The zero-order valence-electron chi connectivity index (χ0n) is 40.1. The zero-order chi connectivity index (χ0) is 48.3. The molecular formula is C53H68N8O7. The van der Waals surface area contributed by atoms with Crippen molar-refractivity contribution in [1.29, 1.82) is 0 Å². The number of ether oxygens (including phenoxy) is 1. The fourth-order valence-electron chi connectivity index (χ4n) is 9.94. The van der Waals surface area contributed by atoms with E-state index in [0.717, 1.165) is 49.7 Å². The minimum Gasteiger partial charge on any atom is -0.363 e. The van der Waals surface area contributed by atoms with Crippen molar-refractivity contribution in [3.63, 3.8) is 0 Å². The number of hydrogen-bond acceptors (Lipinski definition) is 9. The molecule has 2 fully saturated rings. The molecule has 15 heteroatoms. The van der Waals surface area contributed by atoms with Gasteiger partial charge in [0.05, 0.1) is 30.3 Å². The first-order valence-corrected chi connectivity index (χ1v) is 24.4. The van der Waals surface area contributed by atoms with Gasteiger partial charge in [-0.25, -0.2) is 0 Å². The Morgan fingerprint density at radius 1 is 0.632 bits per heavy atom. The van der Waals surface area contributed by atoms with Crippen LogP contribution in [0.15, 0.2) is 72.8 Å². The van der Waals surface area contributed by atoms with Gasteiger partial charge in [0.15, 0.2) is 0 Å². The lowest BCUT2D eigenvalue weighted by molar-refractivity contribution is -0.145. The van der Waals surface area contributed by atoms with Gasteiger partial charge >= 0.3 is 0 Å². The quantitative estimate of drug-likeness (QED) is 0.117. The Bertz CT molecular complexity index is 2360. The number of benzene rings is 3. The summed E-state index contributed by atoms with van der Waals surface area (Å²) in [5.74, 6) is 4.20. The Balaban J connectivity index is 1.00. The van der Waals surface area contributed by atoms with Crippen LogP contribution in [0.2, 0.25) is 0 Å². The van der Waals surface area contributed by atoms with Crippen molar-refractivity contribution in [2.75, 3.05) is 33.8 Å². The minimum absolute atomic E-state index is 0.0704. The van der Waals surface area contributed by atoms with Gasteiger partial charge in [-0.1, -0.05) is 72.5 Å². The zero-order valence-corrected chi connectivity index (χ0v) is 40.1. The number of likely N-dealkylation sites (tertiary alicyclic amines) is 2. The molecule has 6 N–H and O–H groups in total. The molecule has 3 aromatic carbocycles. The third-order valence-electron chi connectivity index (χ3n) is 14.2. The summed E-state index contributed by atoms with van der Waals surface area (Å²) in [5.41, 5.74) is 5.86. The maximum Gasteiger partial charge on any atom is 0.250 e. The molecule has 68 heavy (non-hydrogen) atoms. The molecule has 9 atom stereocenters.